The highest BCUT2D eigenvalue weighted by Crippen LogP contribution is 2.29. The van der Waals surface area contributed by atoms with Crippen LogP contribution in [0, 0.1) is 6.92 Å². The number of amides is 2. The summed E-state index contributed by atoms with van der Waals surface area (Å²) in [7, 11) is -8.60. The van der Waals surface area contributed by atoms with Gasteiger partial charge in [0.25, 0.3) is 32.0 Å². The van der Waals surface area contributed by atoms with E-state index in [4.69, 9.17) is 4.84 Å². The first kappa shape index (κ1) is 33.0. The van der Waals surface area contributed by atoms with E-state index in [1.807, 2.05) is 11.5 Å². The highest BCUT2D eigenvalue weighted by atomic mass is 32.2. The second-order valence-corrected chi connectivity index (χ2v) is 14.5. The number of hydroxylamine groups is 2. The minimum Gasteiger partial charge on any atom is -0.338 e. The molecule has 1 aliphatic rings. The van der Waals surface area contributed by atoms with Gasteiger partial charge in [0.05, 0.1) is 33.5 Å². The SMILES string of the molecule is Cc1ccc(S(=O)(=O)N(CCCC(=O)ON2CCCC2=O)C(=O)c2c3ccccc3[n+](CCCS(=O)(=O)O)c3ccccc23)cc1. The van der Waals surface area contributed by atoms with Crippen molar-refractivity contribution in [3.8, 4) is 0 Å². The second-order valence-electron chi connectivity index (χ2n) is 11.1. The van der Waals surface area contributed by atoms with Crippen molar-refractivity contribution < 1.29 is 45.2 Å². The number of benzene rings is 3. The maximum atomic E-state index is 14.6. The molecule has 1 saturated heterocycles. The van der Waals surface area contributed by atoms with Gasteiger partial charge in [-0.2, -0.15) is 18.0 Å². The molecule has 0 spiro atoms. The number of fused-ring (bicyclic) bond motifs is 2. The molecule has 2 amide bonds. The van der Waals surface area contributed by atoms with Gasteiger partial charge < -0.3 is 4.84 Å². The van der Waals surface area contributed by atoms with Crippen LogP contribution in [0.3, 0.4) is 0 Å². The molecule has 0 aliphatic carbocycles. The summed E-state index contributed by atoms with van der Waals surface area (Å²) in [5, 5.41) is 1.88. The van der Waals surface area contributed by atoms with E-state index in [2.05, 4.69) is 0 Å². The van der Waals surface area contributed by atoms with Crippen LogP contribution in [0.4, 0.5) is 0 Å². The molecule has 2 heterocycles. The first-order chi connectivity index (χ1) is 21.9. The number of hydrogen-bond acceptors (Lipinski definition) is 8. The summed E-state index contributed by atoms with van der Waals surface area (Å²) in [6.45, 7) is 1.96. The van der Waals surface area contributed by atoms with Crippen LogP contribution in [-0.2, 0) is 41.1 Å². The van der Waals surface area contributed by atoms with Crippen LogP contribution in [-0.4, -0.2) is 67.4 Å². The van der Waals surface area contributed by atoms with Gasteiger partial charge in [0.2, 0.25) is 11.0 Å². The number of carbonyl (C=O) groups excluding carboxylic acids is 3. The van der Waals surface area contributed by atoms with Gasteiger partial charge in [-0.25, -0.2) is 17.5 Å². The van der Waals surface area contributed by atoms with Gasteiger partial charge in [0.1, 0.15) is 0 Å². The zero-order valence-corrected chi connectivity index (χ0v) is 26.8. The molecular formula is C32H34N3O9S2+. The van der Waals surface area contributed by atoms with Crippen molar-refractivity contribution >= 4 is 59.7 Å². The van der Waals surface area contributed by atoms with Crippen LogP contribution in [0.15, 0.2) is 77.7 Å². The van der Waals surface area contributed by atoms with Crippen molar-refractivity contribution in [2.75, 3.05) is 18.8 Å². The predicted octanol–water partition coefficient (Wildman–Crippen LogP) is 3.56. The number of nitrogens with zero attached hydrogens (tertiary/aromatic N) is 3. The Morgan fingerprint density at radius 1 is 0.913 bits per heavy atom. The average molecular weight is 669 g/mol. The van der Waals surface area contributed by atoms with Crippen LogP contribution in [0.5, 0.6) is 0 Å². The number of aromatic nitrogens is 1. The number of carbonyl (C=O) groups is 3. The van der Waals surface area contributed by atoms with Gasteiger partial charge in [-0.3, -0.25) is 14.1 Å². The Bertz CT molecular complexity index is 1970. The molecule has 0 unspecified atom stereocenters. The average Bonchev–Trinajstić information content (AvgIpc) is 3.41. The van der Waals surface area contributed by atoms with E-state index in [0.29, 0.717) is 34.8 Å². The molecule has 0 saturated carbocycles. The summed E-state index contributed by atoms with van der Waals surface area (Å²) in [6, 6.07) is 19.9. The van der Waals surface area contributed by atoms with Crippen LogP contribution < -0.4 is 4.57 Å². The molecular weight excluding hydrogens is 634 g/mol. The summed E-state index contributed by atoms with van der Waals surface area (Å²) < 4.78 is 62.9. The number of rotatable bonds is 12. The monoisotopic (exact) mass is 668 g/mol. The van der Waals surface area contributed by atoms with E-state index in [1.54, 1.807) is 60.7 Å². The third-order valence-corrected chi connectivity index (χ3v) is 10.3. The van der Waals surface area contributed by atoms with Gasteiger partial charge in [0, 0.05) is 37.9 Å². The van der Waals surface area contributed by atoms with Crippen LogP contribution in [0.2, 0.25) is 0 Å². The molecule has 0 radical (unpaired) electrons. The van der Waals surface area contributed by atoms with Crippen molar-refractivity contribution in [1.29, 1.82) is 0 Å². The number of para-hydroxylation sites is 2. The lowest BCUT2D eigenvalue weighted by Crippen LogP contribution is -2.41. The first-order valence-electron chi connectivity index (χ1n) is 14.8. The van der Waals surface area contributed by atoms with Gasteiger partial charge in [0.15, 0.2) is 6.54 Å². The Hall–Kier alpha value is -4.40. The number of sulfonamides is 1. The smallest absolute Gasteiger partial charge is 0.332 e. The van der Waals surface area contributed by atoms with E-state index < -0.39 is 37.8 Å². The quantitative estimate of drug-likeness (QED) is 0.135. The molecule has 0 atom stereocenters. The van der Waals surface area contributed by atoms with Gasteiger partial charge in [-0.1, -0.05) is 42.0 Å². The standard InChI is InChI=1S/C32H33N3O9S2/c1-23-15-17-24(18-16-23)46(42,43)35(21-7-14-30(37)44-34-20-6-13-29(34)36)32(38)31-25-9-2-4-11-27(25)33(19-8-22-45(39,40)41)28-12-5-3-10-26(28)31/h2-5,9-12,15-18H,6-8,13-14,19-22H2,1H3/p+1. The Balaban J connectivity index is 1.56. The lowest BCUT2D eigenvalue weighted by atomic mass is 10.0. The molecule has 3 aromatic carbocycles. The summed E-state index contributed by atoms with van der Waals surface area (Å²) in [5.74, 6) is -2.27. The molecule has 242 valence electrons. The summed E-state index contributed by atoms with van der Waals surface area (Å²) in [6.07, 6.45) is 0.654. The zero-order chi connectivity index (χ0) is 33.1. The van der Waals surface area contributed by atoms with Crippen molar-refractivity contribution in [3.63, 3.8) is 0 Å². The second kappa shape index (κ2) is 13.5. The normalized spacial score (nSPS) is 13.8. The molecule has 1 aliphatic heterocycles. The van der Waals surface area contributed by atoms with Crippen molar-refractivity contribution in [1.82, 2.24) is 9.37 Å². The Morgan fingerprint density at radius 2 is 1.52 bits per heavy atom. The van der Waals surface area contributed by atoms with E-state index in [9.17, 15) is 35.8 Å². The fourth-order valence-electron chi connectivity index (χ4n) is 5.54. The maximum Gasteiger partial charge on any atom is 0.332 e. The van der Waals surface area contributed by atoms with Crippen LogP contribution in [0.1, 0.15) is 48.0 Å². The fraction of sp³-hybridized carbons (Fsp3) is 0.312. The summed E-state index contributed by atoms with van der Waals surface area (Å²) >= 11 is 0. The summed E-state index contributed by atoms with van der Waals surface area (Å²) in [4.78, 5) is 44.0. The van der Waals surface area contributed by atoms with E-state index >= 15 is 0 Å². The molecule has 46 heavy (non-hydrogen) atoms. The number of pyridine rings is 1. The molecule has 12 nitrogen and oxygen atoms in total. The number of hydrogen-bond donors (Lipinski definition) is 1. The van der Waals surface area contributed by atoms with Gasteiger partial charge in [-0.05, 0) is 44.0 Å². The Morgan fingerprint density at radius 3 is 2.09 bits per heavy atom. The minimum absolute atomic E-state index is 0.0595. The first-order valence-corrected chi connectivity index (χ1v) is 17.8. The predicted molar refractivity (Wildman–Crippen MR) is 168 cm³/mol. The van der Waals surface area contributed by atoms with E-state index in [1.165, 1.54) is 12.1 Å². The fourth-order valence-corrected chi connectivity index (χ4v) is 7.45. The Labute approximate surface area is 266 Å². The molecule has 4 aromatic rings. The lowest BCUT2D eigenvalue weighted by Gasteiger charge is -2.24. The van der Waals surface area contributed by atoms with Crippen LogP contribution in [0.25, 0.3) is 21.8 Å². The van der Waals surface area contributed by atoms with Crippen molar-refractivity contribution in [2.24, 2.45) is 0 Å². The maximum absolute atomic E-state index is 14.6. The zero-order valence-electron chi connectivity index (χ0n) is 25.2. The van der Waals surface area contributed by atoms with Gasteiger partial charge >= 0.3 is 5.97 Å². The lowest BCUT2D eigenvalue weighted by molar-refractivity contribution is -0.645. The topological polar surface area (TPSA) is 159 Å². The van der Waals surface area contributed by atoms with Gasteiger partial charge in [-0.15, -0.1) is 0 Å². The molecule has 0 bridgehead atoms. The highest BCUT2D eigenvalue weighted by Gasteiger charge is 2.34. The number of aryl methyl sites for hydroxylation is 2. The Kier molecular flexibility index (Phi) is 9.70. The minimum atomic E-state index is -4.41. The molecule has 14 heteroatoms. The van der Waals surface area contributed by atoms with Crippen molar-refractivity contribution in [3.05, 3.63) is 83.9 Å². The van der Waals surface area contributed by atoms with E-state index in [0.717, 1.165) is 14.9 Å². The van der Waals surface area contributed by atoms with E-state index in [-0.39, 0.29) is 55.1 Å². The third kappa shape index (κ3) is 7.19. The molecule has 1 fully saturated rings. The molecule has 1 N–H and O–H groups in total. The molecule has 5 rings (SSSR count). The largest absolute Gasteiger partial charge is 0.338 e. The highest BCUT2D eigenvalue weighted by molar-refractivity contribution is 7.89. The third-order valence-electron chi connectivity index (χ3n) is 7.75. The van der Waals surface area contributed by atoms with Crippen molar-refractivity contribution in [2.45, 2.75) is 50.5 Å². The molecule has 1 aromatic heterocycles. The summed E-state index contributed by atoms with van der Waals surface area (Å²) in [5.41, 5.74) is 2.07. The van der Waals surface area contributed by atoms with Crippen LogP contribution >= 0.6 is 0 Å².